The third kappa shape index (κ3) is 1.81. The summed E-state index contributed by atoms with van der Waals surface area (Å²) in [5.74, 6) is 0.153. The molecule has 0 aromatic heterocycles. The molecule has 0 fully saturated rings. The van der Waals surface area contributed by atoms with Crippen molar-refractivity contribution in [1.29, 1.82) is 0 Å². The van der Waals surface area contributed by atoms with E-state index in [0.717, 1.165) is 5.56 Å². The molecule has 0 aliphatic carbocycles. The topological polar surface area (TPSA) is 23.5 Å². The van der Waals surface area contributed by atoms with Gasteiger partial charge in [0, 0.05) is 5.92 Å². The average Bonchev–Trinajstić information content (AvgIpc) is 2.17. The lowest BCUT2D eigenvalue weighted by atomic mass is 9.90. The lowest BCUT2D eigenvalue weighted by Crippen LogP contribution is -2.45. The van der Waals surface area contributed by atoms with Gasteiger partial charge in [0.25, 0.3) is 0 Å². The summed E-state index contributed by atoms with van der Waals surface area (Å²) < 4.78 is 0. The zero-order chi connectivity index (χ0) is 10.8. The minimum atomic E-state index is -0.874. The van der Waals surface area contributed by atoms with Crippen LogP contribution in [0.25, 0.3) is 0 Å². The Bertz CT molecular complexity index is 272. The molecule has 1 aromatic rings. The number of rotatable bonds is 3. The van der Waals surface area contributed by atoms with E-state index in [9.17, 15) is 5.11 Å². The van der Waals surface area contributed by atoms with Crippen molar-refractivity contribution < 1.29 is 5.11 Å². The fraction of sp³-hybridized carbons (Fsp3) is 0.500. The molecule has 0 aliphatic rings. The third-order valence-corrected chi connectivity index (χ3v) is 2.69. The minimum Gasteiger partial charge on any atom is -0.371 e. The predicted octanol–water partition coefficient (Wildman–Crippen LogP) is 2.05. The standard InChI is InChI=1S/C12H19NO/c1-10(2)12(14,13(3)4)11-8-6-5-7-9-11/h5-10,14H,1-4H3. The van der Waals surface area contributed by atoms with Crippen LogP contribution in [0.2, 0.25) is 0 Å². The van der Waals surface area contributed by atoms with Crippen molar-refractivity contribution in [2.24, 2.45) is 5.92 Å². The summed E-state index contributed by atoms with van der Waals surface area (Å²) in [6.45, 7) is 4.04. The molecule has 1 atom stereocenters. The highest BCUT2D eigenvalue weighted by Crippen LogP contribution is 2.30. The molecule has 2 nitrogen and oxygen atoms in total. The van der Waals surface area contributed by atoms with Crippen LogP contribution < -0.4 is 0 Å². The summed E-state index contributed by atoms with van der Waals surface area (Å²) in [6, 6.07) is 9.78. The molecule has 0 saturated heterocycles. The molecular weight excluding hydrogens is 174 g/mol. The molecule has 0 saturated carbocycles. The normalized spacial score (nSPS) is 15.9. The van der Waals surface area contributed by atoms with Crippen LogP contribution in [0.3, 0.4) is 0 Å². The first-order chi connectivity index (χ1) is 6.49. The Labute approximate surface area is 86.2 Å². The molecule has 1 rings (SSSR count). The summed E-state index contributed by atoms with van der Waals surface area (Å²) in [7, 11) is 3.79. The molecule has 0 spiro atoms. The van der Waals surface area contributed by atoms with Gasteiger partial charge in [0.15, 0.2) is 0 Å². The quantitative estimate of drug-likeness (QED) is 0.743. The minimum absolute atomic E-state index is 0.153. The smallest absolute Gasteiger partial charge is 0.146 e. The fourth-order valence-electron chi connectivity index (χ4n) is 1.79. The van der Waals surface area contributed by atoms with Gasteiger partial charge in [-0.05, 0) is 19.7 Å². The van der Waals surface area contributed by atoms with Gasteiger partial charge < -0.3 is 5.11 Å². The van der Waals surface area contributed by atoms with Crippen molar-refractivity contribution >= 4 is 0 Å². The zero-order valence-corrected chi connectivity index (χ0v) is 9.36. The van der Waals surface area contributed by atoms with E-state index in [1.54, 1.807) is 0 Å². The number of aliphatic hydroxyl groups is 1. The first-order valence-corrected chi connectivity index (χ1v) is 4.95. The van der Waals surface area contributed by atoms with Crippen LogP contribution in [0.5, 0.6) is 0 Å². The monoisotopic (exact) mass is 193 g/mol. The highest BCUT2D eigenvalue weighted by molar-refractivity contribution is 5.22. The van der Waals surface area contributed by atoms with Crippen LogP contribution in [-0.4, -0.2) is 24.1 Å². The van der Waals surface area contributed by atoms with Gasteiger partial charge in [0.05, 0.1) is 0 Å². The van der Waals surface area contributed by atoms with Gasteiger partial charge in [-0.3, -0.25) is 4.90 Å². The van der Waals surface area contributed by atoms with Crippen LogP contribution in [0.4, 0.5) is 0 Å². The maximum atomic E-state index is 10.6. The van der Waals surface area contributed by atoms with E-state index in [4.69, 9.17) is 0 Å². The van der Waals surface area contributed by atoms with Gasteiger partial charge in [-0.15, -0.1) is 0 Å². The van der Waals surface area contributed by atoms with Crippen molar-refractivity contribution in [2.45, 2.75) is 19.6 Å². The van der Waals surface area contributed by atoms with Crippen LogP contribution in [0, 0.1) is 5.92 Å². The molecule has 0 bridgehead atoms. The Balaban J connectivity index is 3.13. The highest BCUT2D eigenvalue weighted by Gasteiger charge is 2.35. The Morgan fingerprint density at radius 3 is 2.00 bits per heavy atom. The van der Waals surface area contributed by atoms with Gasteiger partial charge in [-0.1, -0.05) is 44.2 Å². The van der Waals surface area contributed by atoms with Crippen molar-refractivity contribution in [3.8, 4) is 0 Å². The summed E-state index contributed by atoms with van der Waals surface area (Å²) in [5, 5.41) is 10.6. The second-order valence-corrected chi connectivity index (χ2v) is 4.14. The zero-order valence-electron chi connectivity index (χ0n) is 9.36. The Hall–Kier alpha value is -0.860. The maximum absolute atomic E-state index is 10.6. The average molecular weight is 193 g/mol. The molecule has 0 radical (unpaired) electrons. The summed E-state index contributed by atoms with van der Waals surface area (Å²) >= 11 is 0. The van der Waals surface area contributed by atoms with E-state index >= 15 is 0 Å². The van der Waals surface area contributed by atoms with E-state index in [1.807, 2.05) is 63.2 Å². The Morgan fingerprint density at radius 2 is 1.64 bits per heavy atom. The van der Waals surface area contributed by atoms with Crippen LogP contribution in [0.1, 0.15) is 19.4 Å². The van der Waals surface area contributed by atoms with Gasteiger partial charge in [-0.2, -0.15) is 0 Å². The maximum Gasteiger partial charge on any atom is 0.146 e. The number of hydrogen-bond donors (Lipinski definition) is 1. The second-order valence-electron chi connectivity index (χ2n) is 4.14. The SMILES string of the molecule is CC(C)C(O)(c1ccccc1)N(C)C. The number of nitrogens with zero attached hydrogens (tertiary/aromatic N) is 1. The predicted molar refractivity (Wildman–Crippen MR) is 58.9 cm³/mol. The lowest BCUT2D eigenvalue weighted by Gasteiger charge is -2.38. The molecule has 1 aromatic carbocycles. The van der Waals surface area contributed by atoms with E-state index in [2.05, 4.69) is 0 Å². The van der Waals surface area contributed by atoms with Crippen molar-refractivity contribution in [3.63, 3.8) is 0 Å². The molecule has 0 heterocycles. The second kappa shape index (κ2) is 4.11. The molecule has 78 valence electrons. The molecule has 1 N–H and O–H groups in total. The van der Waals surface area contributed by atoms with Gasteiger partial charge in [0.1, 0.15) is 5.72 Å². The van der Waals surface area contributed by atoms with Crippen molar-refractivity contribution in [1.82, 2.24) is 4.90 Å². The van der Waals surface area contributed by atoms with Gasteiger partial charge in [-0.25, -0.2) is 0 Å². The third-order valence-electron chi connectivity index (χ3n) is 2.69. The summed E-state index contributed by atoms with van der Waals surface area (Å²) in [4.78, 5) is 1.85. The van der Waals surface area contributed by atoms with E-state index in [-0.39, 0.29) is 5.92 Å². The Morgan fingerprint density at radius 1 is 1.14 bits per heavy atom. The largest absolute Gasteiger partial charge is 0.371 e. The van der Waals surface area contributed by atoms with Crippen LogP contribution >= 0.6 is 0 Å². The van der Waals surface area contributed by atoms with Crippen LogP contribution in [-0.2, 0) is 5.72 Å². The van der Waals surface area contributed by atoms with Crippen molar-refractivity contribution in [3.05, 3.63) is 35.9 Å². The first kappa shape index (κ1) is 11.2. The van der Waals surface area contributed by atoms with Crippen LogP contribution in [0.15, 0.2) is 30.3 Å². The summed E-state index contributed by atoms with van der Waals surface area (Å²) in [5.41, 5.74) is 0.0707. The molecule has 2 heteroatoms. The van der Waals surface area contributed by atoms with E-state index in [0.29, 0.717) is 0 Å². The molecule has 14 heavy (non-hydrogen) atoms. The highest BCUT2D eigenvalue weighted by atomic mass is 16.3. The van der Waals surface area contributed by atoms with E-state index in [1.165, 1.54) is 0 Å². The molecule has 0 amide bonds. The lowest BCUT2D eigenvalue weighted by molar-refractivity contribution is -0.126. The van der Waals surface area contributed by atoms with Gasteiger partial charge >= 0.3 is 0 Å². The van der Waals surface area contributed by atoms with Crippen molar-refractivity contribution in [2.75, 3.05) is 14.1 Å². The fourth-order valence-corrected chi connectivity index (χ4v) is 1.79. The molecule has 0 aliphatic heterocycles. The first-order valence-electron chi connectivity index (χ1n) is 4.95. The van der Waals surface area contributed by atoms with Gasteiger partial charge in [0.2, 0.25) is 0 Å². The van der Waals surface area contributed by atoms with E-state index < -0.39 is 5.72 Å². The molecule has 1 unspecified atom stereocenters. The number of hydrogen-bond acceptors (Lipinski definition) is 2. The Kier molecular flexibility index (Phi) is 3.29. The number of benzene rings is 1. The summed E-state index contributed by atoms with van der Waals surface area (Å²) in [6.07, 6.45) is 0. The molecular formula is C12H19NO.